The van der Waals surface area contributed by atoms with E-state index in [-0.39, 0.29) is 0 Å². The van der Waals surface area contributed by atoms with E-state index in [9.17, 15) is 0 Å². The minimum absolute atomic E-state index is 0.570. The number of para-hydroxylation sites is 1. The summed E-state index contributed by atoms with van der Waals surface area (Å²) >= 11 is 0. The lowest BCUT2D eigenvalue weighted by Gasteiger charge is -2.08. The van der Waals surface area contributed by atoms with Crippen molar-refractivity contribution in [2.75, 3.05) is 72.3 Å². The molecule has 6 heteroatoms. The van der Waals surface area contributed by atoms with Gasteiger partial charge in [0.1, 0.15) is 0 Å². The van der Waals surface area contributed by atoms with Gasteiger partial charge in [0.2, 0.25) is 0 Å². The molecule has 0 aromatic heterocycles. The molecular formula is C18H31NO5. The fraction of sp³-hybridized carbons (Fsp3) is 0.667. The number of hydrogen-bond acceptors (Lipinski definition) is 6. The molecule has 6 nitrogen and oxygen atoms in total. The van der Waals surface area contributed by atoms with E-state index >= 15 is 0 Å². The number of nitrogens with two attached hydrogens (primary N) is 1. The van der Waals surface area contributed by atoms with Crippen molar-refractivity contribution in [1.29, 1.82) is 0 Å². The molecule has 2 N–H and O–H groups in total. The van der Waals surface area contributed by atoms with E-state index in [0.29, 0.717) is 59.5 Å². The van der Waals surface area contributed by atoms with E-state index in [1.165, 1.54) is 5.56 Å². The van der Waals surface area contributed by atoms with Gasteiger partial charge >= 0.3 is 0 Å². The lowest BCUT2D eigenvalue weighted by Crippen LogP contribution is -2.13. The summed E-state index contributed by atoms with van der Waals surface area (Å²) in [6, 6.07) is 7.94. The van der Waals surface area contributed by atoms with Gasteiger partial charge in [0.05, 0.1) is 52.9 Å². The minimum Gasteiger partial charge on any atom is -0.399 e. The van der Waals surface area contributed by atoms with Crippen molar-refractivity contribution in [2.45, 2.75) is 12.8 Å². The zero-order valence-corrected chi connectivity index (χ0v) is 14.7. The summed E-state index contributed by atoms with van der Waals surface area (Å²) in [5.41, 5.74) is 7.93. The van der Waals surface area contributed by atoms with Gasteiger partial charge in [0.25, 0.3) is 0 Å². The summed E-state index contributed by atoms with van der Waals surface area (Å²) in [5.74, 6) is 0. The Morgan fingerprint density at radius 1 is 0.708 bits per heavy atom. The lowest BCUT2D eigenvalue weighted by atomic mass is 10.1. The molecule has 0 spiro atoms. The molecule has 0 fully saturated rings. The average molecular weight is 341 g/mol. The van der Waals surface area contributed by atoms with Crippen LogP contribution in [0.25, 0.3) is 0 Å². The van der Waals surface area contributed by atoms with Crippen molar-refractivity contribution >= 4 is 5.69 Å². The van der Waals surface area contributed by atoms with Crippen molar-refractivity contribution < 1.29 is 23.7 Å². The van der Waals surface area contributed by atoms with Crippen LogP contribution in [0.2, 0.25) is 0 Å². The SMILES string of the molecule is COCCOCCOCCOCCOCCCc1ccccc1N. The maximum absolute atomic E-state index is 5.90. The molecular weight excluding hydrogens is 310 g/mol. The van der Waals surface area contributed by atoms with Gasteiger partial charge in [0, 0.05) is 19.4 Å². The molecule has 0 atom stereocenters. The van der Waals surface area contributed by atoms with Crippen LogP contribution in [0.4, 0.5) is 5.69 Å². The highest BCUT2D eigenvalue weighted by atomic mass is 16.6. The number of methoxy groups -OCH3 is 1. The molecule has 0 aliphatic heterocycles. The third-order valence-electron chi connectivity index (χ3n) is 3.34. The van der Waals surface area contributed by atoms with E-state index in [1.54, 1.807) is 7.11 Å². The predicted octanol–water partition coefficient (Wildman–Crippen LogP) is 1.91. The Balaban J connectivity index is 1.77. The van der Waals surface area contributed by atoms with Crippen molar-refractivity contribution in [3.8, 4) is 0 Å². The second kappa shape index (κ2) is 15.4. The van der Waals surface area contributed by atoms with Gasteiger partial charge in [-0.1, -0.05) is 18.2 Å². The fourth-order valence-corrected chi connectivity index (χ4v) is 2.03. The quantitative estimate of drug-likeness (QED) is 0.366. The van der Waals surface area contributed by atoms with Crippen LogP contribution in [-0.2, 0) is 30.1 Å². The summed E-state index contributed by atoms with van der Waals surface area (Å²) in [6.45, 7) is 5.42. The summed E-state index contributed by atoms with van der Waals surface area (Å²) in [4.78, 5) is 0. The van der Waals surface area contributed by atoms with Gasteiger partial charge in [-0.25, -0.2) is 0 Å². The molecule has 0 saturated heterocycles. The largest absolute Gasteiger partial charge is 0.399 e. The number of ether oxygens (including phenoxy) is 5. The van der Waals surface area contributed by atoms with E-state index in [4.69, 9.17) is 29.4 Å². The second-order valence-corrected chi connectivity index (χ2v) is 5.24. The monoisotopic (exact) mass is 341 g/mol. The smallest absolute Gasteiger partial charge is 0.0701 e. The van der Waals surface area contributed by atoms with E-state index in [0.717, 1.165) is 18.5 Å². The van der Waals surface area contributed by atoms with Gasteiger partial charge < -0.3 is 29.4 Å². The highest BCUT2D eigenvalue weighted by molar-refractivity contribution is 5.46. The molecule has 0 aliphatic carbocycles. The standard InChI is InChI=1S/C18H31NO5/c1-20-9-10-22-13-14-24-16-15-23-12-11-21-8-4-6-17-5-2-3-7-18(17)19/h2-3,5,7H,4,6,8-16,19H2,1H3. The number of anilines is 1. The first-order valence-electron chi connectivity index (χ1n) is 8.48. The molecule has 1 aromatic rings. The van der Waals surface area contributed by atoms with Gasteiger partial charge in [-0.2, -0.15) is 0 Å². The predicted molar refractivity (Wildman–Crippen MR) is 94.3 cm³/mol. The Bertz CT molecular complexity index is 403. The van der Waals surface area contributed by atoms with Crippen LogP contribution in [0.1, 0.15) is 12.0 Å². The van der Waals surface area contributed by atoms with Gasteiger partial charge in [-0.15, -0.1) is 0 Å². The van der Waals surface area contributed by atoms with Crippen molar-refractivity contribution in [1.82, 2.24) is 0 Å². The summed E-state index contributed by atoms with van der Waals surface area (Å²) < 4.78 is 26.5. The zero-order valence-electron chi connectivity index (χ0n) is 14.7. The first-order chi connectivity index (χ1) is 11.8. The molecule has 0 radical (unpaired) electrons. The van der Waals surface area contributed by atoms with Crippen molar-refractivity contribution in [3.63, 3.8) is 0 Å². The molecule has 24 heavy (non-hydrogen) atoms. The zero-order chi connectivity index (χ0) is 17.3. The molecule has 0 aliphatic rings. The van der Waals surface area contributed by atoms with Crippen LogP contribution in [0.15, 0.2) is 24.3 Å². The van der Waals surface area contributed by atoms with Crippen LogP contribution < -0.4 is 5.73 Å². The topological polar surface area (TPSA) is 72.2 Å². The van der Waals surface area contributed by atoms with Crippen molar-refractivity contribution in [2.24, 2.45) is 0 Å². The Kier molecular flexibility index (Phi) is 13.3. The molecule has 0 bridgehead atoms. The minimum atomic E-state index is 0.570. The highest BCUT2D eigenvalue weighted by Gasteiger charge is 1.98. The van der Waals surface area contributed by atoms with E-state index < -0.39 is 0 Å². The molecule has 1 rings (SSSR count). The molecule has 0 saturated carbocycles. The summed E-state index contributed by atoms with van der Waals surface area (Å²) in [6.07, 6.45) is 1.90. The lowest BCUT2D eigenvalue weighted by molar-refractivity contribution is -0.00788. The molecule has 0 unspecified atom stereocenters. The van der Waals surface area contributed by atoms with Gasteiger partial charge in [0.15, 0.2) is 0 Å². The Hall–Kier alpha value is -1.18. The fourth-order valence-electron chi connectivity index (χ4n) is 2.03. The van der Waals surface area contributed by atoms with Crippen LogP contribution in [0.5, 0.6) is 0 Å². The highest BCUT2D eigenvalue weighted by Crippen LogP contribution is 2.12. The third kappa shape index (κ3) is 11.4. The number of aryl methyl sites for hydroxylation is 1. The number of benzene rings is 1. The maximum atomic E-state index is 5.90. The normalized spacial score (nSPS) is 11.0. The maximum Gasteiger partial charge on any atom is 0.0701 e. The summed E-state index contributed by atoms with van der Waals surface area (Å²) in [5, 5.41) is 0. The number of hydrogen-bond donors (Lipinski definition) is 1. The van der Waals surface area contributed by atoms with E-state index in [1.807, 2.05) is 18.2 Å². The Morgan fingerprint density at radius 2 is 1.21 bits per heavy atom. The number of rotatable bonds is 16. The van der Waals surface area contributed by atoms with Gasteiger partial charge in [-0.05, 0) is 24.5 Å². The van der Waals surface area contributed by atoms with Crippen LogP contribution >= 0.6 is 0 Å². The van der Waals surface area contributed by atoms with E-state index in [2.05, 4.69) is 6.07 Å². The third-order valence-corrected chi connectivity index (χ3v) is 3.34. The first kappa shape index (κ1) is 20.9. The average Bonchev–Trinajstić information content (AvgIpc) is 2.60. The van der Waals surface area contributed by atoms with Crippen molar-refractivity contribution in [3.05, 3.63) is 29.8 Å². The molecule has 138 valence electrons. The van der Waals surface area contributed by atoms with Crippen LogP contribution in [-0.4, -0.2) is 66.6 Å². The Morgan fingerprint density at radius 3 is 1.75 bits per heavy atom. The number of nitrogen functional groups attached to an aromatic ring is 1. The Labute approximate surface area is 145 Å². The summed E-state index contributed by atoms with van der Waals surface area (Å²) in [7, 11) is 1.65. The molecule has 1 aromatic carbocycles. The first-order valence-corrected chi connectivity index (χ1v) is 8.48. The molecule has 0 heterocycles. The second-order valence-electron chi connectivity index (χ2n) is 5.24. The van der Waals surface area contributed by atoms with Gasteiger partial charge in [-0.3, -0.25) is 0 Å². The molecule has 0 amide bonds. The van der Waals surface area contributed by atoms with Crippen LogP contribution in [0, 0.1) is 0 Å². The van der Waals surface area contributed by atoms with Crippen LogP contribution in [0.3, 0.4) is 0 Å².